The van der Waals surface area contributed by atoms with E-state index in [-0.39, 0.29) is 30.1 Å². The third-order valence-corrected chi connectivity index (χ3v) is 3.87. The Morgan fingerprint density at radius 1 is 1.48 bits per heavy atom. The molecule has 0 saturated heterocycles. The molecule has 1 aromatic carbocycles. The highest BCUT2D eigenvalue weighted by Crippen LogP contribution is 2.21. The first kappa shape index (κ1) is 18.5. The van der Waals surface area contributed by atoms with Crippen LogP contribution < -0.4 is 11.1 Å². The lowest BCUT2D eigenvalue weighted by atomic mass is 10.1. The second-order valence-corrected chi connectivity index (χ2v) is 5.57. The molecule has 118 valence electrons. The molecule has 1 fully saturated rings. The maximum atomic E-state index is 5.99. The minimum Gasteiger partial charge on any atom is -0.375 e. The summed E-state index contributed by atoms with van der Waals surface area (Å²) in [6, 6.07) is 8.11. The third-order valence-electron chi connectivity index (χ3n) is 3.64. The highest BCUT2D eigenvalue weighted by molar-refractivity contribution is 14.0. The Hall–Kier alpha value is -0.530. The highest BCUT2D eigenvalue weighted by atomic mass is 127. The van der Waals surface area contributed by atoms with Gasteiger partial charge in [0, 0.05) is 18.2 Å². The molecular weight excluding hydrogens is 401 g/mol. The molecule has 21 heavy (non-hydrogen) atoms. The zero-order chi connectivity index (χ0) is 14.4. The number of aliphatic imine (C=N–C) groups is 1. The van der Waals surface area contributed by atoms with Gasteiger partial charge in [0.25, 0.3) is 0 Å². The summed E-state index contributed by atoms with van der Waals surface area (Å²) in [5, 5.41) is 3.97. The van der Waals surface area contributed by atoms with E-state index in [2.05, 4.69) is 10.3 Å². The lowest BCUT2D eigenvalue weighted by Gasteiger charge is -2.16. The van der Waals surface area contributed by atoms with Crippen molar-refractivity contribution in [3.05, 3.63) is 34.9 Å². The fraction of sp³-hybridized carbons (Fsp3) is 0.533. The van der Waals surface area contributed by atoms with Crippen LogP contribution in [0, 0.1) is 0 Å². The predicted molar refractivity (Wildman–Crippen MR) is 98.5 cm³/mol. The van der Waals surface area contributed by atoms with Crippen molar-refractivity contribution in [3.63, 3.8) is 0 Å². The van der Waals surface area contributed by atoms with Crippen molar-refractivity contribution in [2.24, 2.45) is 10.7 Å². The first-order valence-corrected chi connectivity index (χ1v) is 7.41. The first-order chi connectivity index (χ1) is 9.69. The summed E-state index contributed by atoms with van der Waals surface area (Å²) in [5.74, 6) is 0.501. The van der Waals surface area contributed by atoms with Crippen LogP contribution in [0.1, 0.15) is 37.4 Å². The minimum atomic E-state index is -0.127. The molecule has 1 aliphatic carbocycles. The summed E-state index contributed by atoms with van der Waals surface area (Å²) >= 11 is 5.99. The molecule has 0 aliphatic heterocycles. The standard InChI is InChI=1S/C15H22ClN3O.HI/c1-20-14(11-5-4-6-12(16)9-11)10-18-15(17)19-13-7-2-3-8-13;/h4-6,9,13-14H,2-3,7-8,10H2,1H3,(H3,17,18,19);1H. The van der Waals surface area contributed by atoms with Crippen LogP contribution in [-0.4, -0.2) is 25.7 Å². The fourth-order valence-electron chi connectivity index (χ4n) is 2.53. The SMILES string of the molecule is COC(CN=C(N)NC1CCCC1)c1cccc(Cl)c1.I. The van der Waals surface area contributed by atoms with Crippen LogP contribution in [-0.2, 0) is 4.74 Å². The van der Waals surface area contributed by atoms with Gasteiger partial charge in [0.2, 0.25) is 0 Å². The van der Waals surface area contributed by atoms with Crippen molar-refractivity contribution in [1.82, 2.24) is 5.32 Å². The second kappa shape index (κ2) is 9.48. The van der Waals surface area contributed by atoms with Crippen LogP contribution in [0.5, 0.6) is 0 Å². The van der Waals surface area contributed by atoms with E-state index in [1.807, 2.05) is 24.3 Å². The van der Waals surface area contributed by atoms with Gasteiger partial charge in [-0.3, -0.25) is 4.99 Å². The summed E-state index contributed by atoms with van der Waals surface area (Å²) in [5.41, 5.74) is 6.93. The van der Waals surface area contributed by atoms with Crippen LogP contribution >= 0.6 is 35.6 Å². The Kier molecular flexibility index (Phi) is 8.36. The molecule has 0 bridgehead atoms. The largest absolute Gasteiger partial charge is 0.375 e. The van der Waals surface area contributed by atoms with Gasteiger partial charge >= 0.3 is 0 Å². The lowest BCUT2D eigenvalue weighted by Crippen LogP contribution is -2.38. The predicted octanol–water partition coefficient (Wildman–Crippen LogP) is 3.49. The molecule has 4 nitrogen and oxygen atoms in total. The van der Waals surface area contributed by atoms with Crippen LogP contribution in [0.2, 0.25) is 5.02 Å². The van der Waals surface area contributed by atoms with Crippen molar-refractivity contribution in [2.45, 2.75) is 37.8 Å². The van der Waals surface area contributed by atoms with Crippen LogP contribution in [0.15, 0.2) is 29.3 Å². The van der Waals surface area contributed by atoms with E-state index in [9.17, 15) is 0 Å². The smallest absolute Gasteiger partial charge is 0.188 e. The van der Waals surface area contributed by atoms with Gasteiger partial charge in [-0.1, -0.05) is 36.6 Å². The van der Waals surface area contributed by atoms with Gasteiger partial charge in [-0.05, 0) is 30.5 Å². The average molecular weight is 424 g/mol. The molecule has 6 heteroatoms. The van der Waals surface area contributed by atoms with Gasteiger partial charge in [-0.25, -0.2) is 0 Å². The average Bonchev–Trinajstić information content (AvgIpc) is 2.92. The topological polar surface area (TPSA) is 59.6 Å². The van der Waals surface area contributed by atoms with Gasteiger partial charge in [0.05, 0.1) is 6.54 Å². The lowest BCUT2D eigenvalue weighted by molar-refractivity contribution is 0.111. The Balaban J connectivity index is 0.00000220. The molecule has 0 radical (unpaired) electrons. The summed E-state index contributed by atoms with van der Waals surface area (Å²) in [4.78, 5) is 4.38. The molecule has 1 aliphatic rings. The highest BCUT2D eigenvalue weighted by Gasteiger charge is 2.15. The zero-order valence-electron chi connectivity index (χ0n) is 12.2. The second-order valence-electron chi connectivity index (χ2n) is 5.13. The Labute approximate surface area is 148 Å². The molecule has 0 amide bonds. The monoisotopic (exact) mass is 423 g/mol. The molecule has 3 N–H and O–H groups in total. The molecule has 0 heterocycles. The summed E-state index contributed by atoms with van der Waals surface area (Å²) < 4.78 is 5.46. The Morgan fingerprint density at radius 2 is 2.19 bits per heavy atom. The first-order valence-electron chi connectivity index (χ1n) is 7.03. The van der Waals surface area contributed by atoms with Crippen molar-refractivity contribution in [1.29, 1.82) is 0 Å². The Morgan fingerprint density at radius 3 is 2.81 bits per heavy atom. The van der Waals surface area contributed by atoms with E-state index in [1.54, 1.807) is 7.11 Å². The molecule has 1 saturated carbocycles. The molecule has 1 unspecified atom stereocenters. The number of hydrogen-bond donors (Lipinski definition) is 2. The number of ether oxygens (including phenoxy) is 1. The van der Waals surface area contributed by atoms with Crippen molar-refractivity contribution in [2.75, 3.05) is 13.7 Å². The maximum absolute atomic E-state index is 5.99. The summed E-state index contributed by atoms with van der Waals surface area (Å²) in [7, 11) is 1.67. The number of halogens is 2. The number of nitrogens with zero attached hydrogens (tertiary/aromatic N) is 1. The van der Waals surface area contributed by atoms with E-state index >= 15 is 0 Å². The molecule has 1 aromatic rings. The number of nitrogens with one attached hydrogen (secondary N) is 1. The zero-order valence-corrected chi connectivity index (χ0v) is 15.3. The normalized spacial score (nSPS) is 17.3. The molecule has 1 atom stereocenters. The summed E-state index contributed by atoms with van der Waals surface area (Å²) in [6.07, 6.45) is 4.77. The van der Waals surface area contributed by atoms with Crippen molar-refractivity contribution in [3.8, 4) is 0 Å². The third kappa shape index (κ3) is 6.00. The number of guanidine groups is 1. The van der Waals surface area contributed by atoms with Gasteiger partial charge in [-0.2, -0.15) is 0 Å². The van der Waals surface area contributed by atoms with Crippen molar-refractivity contribution >= 4 is 41.5 Å². The van der Waals surface area contributed by atoms with Gasteiger partial charge < -0.3 is 15.8 Å². The number of benzene rings is 1. The Bertz CT molecular complexity index is 464. The number of methoxy groups -OCH3 is 1. The van der Waals surface area contributed by atoms with Crippen LogP contribution in [0.3, 0.4) is 0 Å². The van der Waals surface area contributed by atoms with Crippen molar-refractivity contribution < 1.29 is 4.74 Å². The van der Waals surface area contributed by atoms with E-state index in [0.717, 1.165) is 5.56 Å². The van der Waals surface area contributed by atoms with E-state index in [4.69, 9.17) is 22.1 Å². The van der Waals surface area contributed by atoms with Crippen LogP contribution in [0.25, 0.3) is 0 Å². The maximum Gasteiger partial charge on any atom is 0.188 e. The van der Waals surface area contributed by atoms with E-state index in [1.165, 1.54) is 25.7 Å². The molecule has 2 rings (SSSR count). The number of hydrogen-bond acceptors (Lipinski definition) is 2. The minimum absolute atomic E-state index is 0. The molecule has 0 spiro atoms. The van der Waals surface area contributed by atoms with Gasteiger partial charge in [0.1, 0.15) is 6.10 Å². The van der Waals surface area contributed by atoms with E-state index in [0.29, 0.717) is 23.6 Å². The quantitative estimate of drug-likeness (QED) is 0.433. The van der Waals surface area contributed by atoms with Gasteiger partial charge in [0.15, 0.2) is 5.96 Å². The summed E-state index contributed by atoms with van der Waals surface area (Å²) in [6.45, 7) is 0.488. The number of nitrogens with two attached hydrogens (primary N) is 1. The van der Waals surface area contributed by atoms with E-state index < -0.39 is 0 Å². The number of rotatable bonds is 5. The molecule has 0 aromatic heterocycles. The van der Waals surface area contributed by atoms with Gasteiger partial charge in [-0.15, -0.1) is 24.0 Å². The molecular formula is C15H23ClIN3O. The van der Waals surface area contributed by atoms with Crippen LogP contribution in [0.4, 0.5) is 0 Å². The fourth-order valence-corrected chi connectivity index (χ4v) is 2.73.